The van der Waals surface area contributed by atoms with Crippen LogP contribution in [-0.4, -0.2) is 42.0 Å². The minimum absolute atomic E-state index is 0.129. The summed E-state index contributed by atoms with van der Waals surface area (Å²) in [4.78, 5) is 47.9. The first-order valence-electron chi connectivity index (χ1n) is 10.6. The van der Waals surface area contributed by atoms with Gasteiger partial charge >= 0.3 is 0 Å². The molecule has 1 aromatic carbocycles. The molecule has 3 N–H and O–H groups in total. The van der Waals surface area contributed by atoms with Crippen molar-refractivity contribution >= 4 is 40.9 Å². The molecule has 0 spiro atoms. The van der Waals surface area contributed by atoms with E-state index in [0.717, 1.165) is 19.5 Å². The average Bonchev–Trinajstić information content (AvgIpc) is 2.72. The summed E-state index contributed by atoms with van der Waals surface area (Å²) in [7, 11) is 1.47. The predicted molar refractivity (Wildman–Crippen MR) is 123 cm³/mol. The zero-order valence-corrected chi connectivity index (χ0v) is 19.0. The van der Waals surface area contributed by atoms with E-state index in [1.54, 1.807) is 18.2 Å². The molecule has 4 rings (SSSR count). The van der Waals surface area contributed by atoms with Crippen molar-refractivity contribution in [1.82, 2.24) is 9.97 Å². The van der Waals surface area contributed by atoms with Gasteiger partial charge in [-0.3, -0.25) is 19.4 Å². The zero-order valence-electron chi connectivity index (χ0n) is 18.2. The van der Waals surface area contributed by atoms with Crippen LogP contribution in [-0.2, 0) is 9.59 Å². The Bertz CT molecular complexity index is 1110. The van der Waals surface area contributed by atoms with E-state index < -0.39 is 17.4 Å². The maximum Gasteiger partial charge on any atom is 0.258 e. The number of aromatic nitrogens is 2. The number of nitrogens with one attached hydrogen (secondary N) is 3. The van der Waals surface area contributed by atoms with Gasteiger partial charge in [-0.1, -0.05) is 25.4 Å². The van der Waals surface area contributed by atoms with Crippen molar-refractivity contribution < 1.29 is 14.3 Å². The molecule has 3 atom stereocenters. The number of carbonyl (C=O) groups is 2. The van der Waals surface area contributed by atoms with Gasteiger partial charge in [-0.05, 0) is 36.5 Å². The molecule has 2 aliphatic heterocycles. The van der Waals surface area contributed by atoms with Crippen LogP contribution in [0.15, 0.2) is 23.0 Å². The number of anilines is 3. The second-order valence-corrected chi connectivity index (χ2v) is 9.08. The molecular weight excluding hydrogens is 434 g/mol. The van der Waals surface area contributed by atoms with Crippen molar-refractivity contribution in [3.63, 3.8) is 0 Å². The fourth-order valence-corrected chi connectivity index (χ4v) is 4.74. The van der Waals surface area contributed by atoms with Gasteiger partial charge in [0.15, 0.2) is 0 Å². The first-order valence-corrected chi connectivity index (χ1v) is 11.0. The van der Waals surface area contributed by atoms with Crippen molar-refractivity contribution in [2.75, 3.05) is 35.7 Å². The summed E-state index contributed by atoms with van der Waals surface area (Å²) in [6.45, 7) is 5.84. The molecule has 9 nitrogen and oxygen atoms in total. The lowest BCUT2D eigenvalue weighted by Gasteiger charge is -2.35. The van der Waals surface area contributed by atoms with Crippen LogP contribution in [0.1, 0.15) is 38.2 Å². The number of rotatable bonds is 4. The molecule has 1 fully saturated rings. The second-order valence-electron chi connectivity index (χ2n) is 8.64. The van der Waals surface area contributed by atoms with Gasteiger partial charge in [0, 0.05) is 24.5 Å². The van der Waals surface area contributed by atoms with Gasteiger partial charge in [0.1, 0.15) is 11.6 Å². The van der Waals surface area contributed by atoms with Crippen LogP contribution >= 0.6 is 11.6 Å². The number of ether oxygens (including phenoxy) is 1. The normalized spacial score (nSPS) is 22.7. The molecule has 0 aliphatic carbocycles. The molecule has 2 amide bonds. The minimum atomic E-state index is -0.994. The summed E-state index contributed by atoms with van der Waals surface area (Å²) in [5, 5.41) is 5.81. The zero-order chi connectivity index (χ0) is 23.0. The number of halogens is 1. The van der Waals surface area contributed by atoms with Gasteiger partial charge in [0.05, 0.1) is 24.3 Å². The highest BCUT2D eigenvalue weighted by atomic mass is 35.5. The number of H-pyrrole nitrogens is 1. The molecule has 0 radical (unpaired) electrons. The monoisotopic (exact) mass is 459 g/mol. The number of methoxy groups -OCH3 is 1. The Kier molecular flexibility index (Phi) is 6.10. The number of hydrogen-bond acceptors (Lipinski definition) is 6. The maximum absolute atomic E-state index is 13.1. The van der Waals surface area contributed by atoms with E-state index in [1.807, 2.05) is 4.90 Å². The van der Waals surface area contributed by atoms with E-state index in [4.69, 9.17) is 16.3 Å². The lowest BCUT2D eigenvalue weighted by atomic mass is 9.91. The molecule has 3 heterocycles. The van der Waals surface area contributed by atoms with Gasteiger partial charge < -0.3 is 20.3 Å². The van der Waals surface area contributed by atoms with Crippen molar-refractivity contribution in [1.29, 1.82) is 0 Å². The van der Waals surface area contributed by atoms with Gasteiger partial charge in [0.25, 0.3) is 5.56 Å². The summed E-state index contributed by atoms with van der Waals surface area (Å²) in [6, 6.07) is 4.81. The number of fused-ring (bicyclic) bond motifs is 1. The second kappa shape index (κ2) is 8.82. The summed E-state index contributed by atoms with van der Waals surface area (Å²) in [5.74, 6) is -0.0103. The third-order valence-corrected chi connectivity index (χ3v) is 6.08. The molecule has 170 valence electrons. The third kappa shape index (κ3) is 4.43. The number of nitrogens with zero attached hydrogens (tertiary/aromatic N) is 2. The molecule has 3 unspecified atom stereocenters. The molecular formula is C22H26ClN5O4. The summed E-state index contributed by atoms with van der Waals surface area (Å²) >= 11 is 6.04. The topological polar surface area (TPSA) is 116 Å². The SMILES string of the molecule is COc1ccc(Cl)cc1NC(=O)C1CC(=O)Nc2nc(N3CC(C)CC(C)C3)[nH]c(=O)c21. The molecule has 2 aromatic rings. The van der Waals surface area contributed by atoms with Gasteiger partial charge in [-0.15, -0.1) is 0 Å². The largest absolute Gasteiger partial charge is 0.495 e. The number of hydrogen-bond donors (Lipinski definition) is 3. The van der Waals surface area contributed by atoms with Crippen molar-refractivity contribution in [3.8, 4) is 5.75 Å². The number of piperidine rings is 1. The molecule has 0 saturated carbocycles. The number of carbonyl (C=O) groups excluding carboxylic acids is 2. The fraction of sp³-hybridized carbons (Fsp3) is 0.455. The molecule has 1 aromatic heterocycles. The summed E-state index contributed by atoms with van der Waals surface area (Å²) < 4.78 is 5.26. The Morgan fingerprint density at radius 1 is 1.25 bits per heavy atom. The highest BCUT2D eigenvalue weighted by Crippen LogP contribution is 2.33. The number of benzene rings is 1. The quantitative estimate of drug-likeness (QED) is 0.647. The van der Waals surface area contributed by atoms with Crippen molar-refractivity contribution in [2.45, 2.75) is 32.6 Å². The molecule has 10 heteroatoms. The Morgan fingerprint density at radius 3 is 2.66 bits per heavy atom. The number of amides is 2. The lowest BCUT2D eigenvalue weighted by molar-refractivity contribution is -0.123. The van der Waals surface area contributed by atoms with Crippen molar-refractivity contribution in [2.24, 2.45) is 11.8 Å². The van der Waals surface area contributed by atoms with Crippen LogP contribution in [0, 0.1) is 11.8 Å². The van der Waals surface area contributed by atoms with Crippen LogP contribution in [0.25, 0.3) is 0 Å². The van der Waals surface area contributed by atoms with Crippen LogP contribution in [0.4, 0.5) is 17.5 Å². The van der Waals surface area contributed by atoms with E-state index in [9.17, 15) is 14.4 Å². The summed E-state index contributed by atoms with van der Waals surface area (Å²) in [5.41, 5.74) is 0.0638. The Hall–Kier alpha value is -3.07. The minimum Gasteiger partial charge on any atom is -0.495 e. The van der Waals surface area contributed by atoms with Gasteiger partial charge in [0.2, 0.25) is 17.8 Å². The number of aromatic amines is 1. The Labute approximate surface area is 190 Å². The van der Waals surface area contributed by atoms with E-state index in [1.165, 1.54) is 7.11 Å². The molecule has 2 aliphatic rings. The third-order valence-electron chi connectivity index (χ3n) is 5.84. The average molecular weight is 460 g/mol. The molecule has 32 heavy (non-hydrogen) atoms. The highest BCUT2D eigenvalue weighted by Gasteiger charge is 2.36. The predicted octanol–water partition coefficient (Wildman–Crippen LogP) is 2.98. The van der Waals surface area contributed by atoms with Crippen LogP contribution < -0.4 is 25.8 Å². The van der Waals surface area contributed by atoms with Crippen LogP contribution in [0.2, 0.25) is 5.02 Å². The first-order chi connectivity index (χ1) is 15.2. The fourth-order valence-electron chi connectivity index (χ4n) is 4.57. The van der Waals surface area contributed by atoms with Crippen LogP contribution in [0.3, 0.4) is 0 Å². The highest BCUT2D eigenvalue weighted by molar-refractivity contribution is 6.31. The smallest absolute Gasteiger partial charge is 0.258 e. The summed E-state index contributed by atoms with van der Waals surface area (Å²) in [6.07, 6.45) is 0.946. The standard InChI is InChI=1S/C22H26ClN5O4/c1-11-6-12(2)10-28(9-11)22-26-19-18(21(31)27-22)14(8-17(29)25-19)20(30)24-15-7-13(23)4-5-16(15)32-3/h4-5,7,11-12,14H,6,8-10H2,1-3H3,(H,24,30)(H2,25,26,27,29,31). The Morgan fingerprint density at radius 2 is 1.97 bits per heavy atom. The Balaban J connectivity index is 1.66. The van der Waals surface area contributed by atoms with Crippen LogP contribution in [0.5, 0.6) is 5.75 Å². The van der Waals surface area contributed by atoms with E-state index in [-0.39, 0.29) is 23.7 Å². The van der Waals surface area contributed by atoms with Gasteiger partial charge in [-0.25, -0.2) is 0 Å². The van der Waals surface area contributed by atoms with Gasteiger partial charge in [-0.2, -0.15) is 4.98 Å². The van der Waals surface area contributed by atoms with E-state index >= 15 is 0 Å². The van der Waals surface area contributed by atoms with E-state index in [0.29, 0.717) is 34.2 Å². The lowest BCUT2D eigenvalue weighted by Crippen LogP contribution is -2.42. The first kappa shape index (κ1) is 22.1. The van der Waals surface area contributed by atoms with E-state index in [2.05, 4.69) is 34.4 Å². The molecule has 0 bridgehead atoms. The molecule has 1 saturated heterocycles. The maximum atomic E-state index is 13.1. The van der Waals surface area contributed by atoms with Crippen molar-refractivity contribution in [3.05, 3.63) is 39.1 Å².